The smallest absolute Gasteiger partial charge is 0.335 e. The fraction of sp³-hybridized carbons (Fsp3) is 0.552. The summed E-state index contributed by atoms with van der Waals surface area (Å²) in [6.07, 6.45) is 7.18. The van der Waals surface area contributed by atoms with Gasteiger partial charge in [0, 0.05) is 18.7 Å². The van der Waals surface area contributed by atoms with Crippen molar-refractivity contribution >= 4 is 17.8 Å². The van der Waals surface area contributed by atoms with Crippen molar-refractivity contribution in [2.24, 2.45) is 0 Å². The van der Waals surface area contributed by atoms with Crippen LogP contribution in [0.3, 0.4) is 0 Å². The summed E-state index contributed by atoms with van der Waals surface area (Å²) in [6, 6.07) is 7.36. The van der Waals surface area contributed by atoms with E-state index in [-0.39, 0.29) is 28.4 Å². The number of pyridine rings is 1. The maximum absolute atomic E-state index is 13.1. The Bertz CT molecular complexity index is 1250. The molecule has 1 aromatic heterocycles. The Balaban J connectivity index is 1.43. The highest BCUT2D eigenvalue weighted by Crippen LogP contribution is 2.50. The molecule has 1 spiro atoms. The topological polar surface area (TPSA) is 99.7 Å². The van der Waals surface area contributed by atoms with Gasteiger partial charge in [-0.15, -0.1) is 0 Å². The third-order valence-electron chi connectivity index (χ3n) is 8.25. The molecule has 5 rings (SSSR count). The molecule has 1 saturated heterocycles. The van der Waals surface area contributed by atoms with Crippen molar-refractivity contribution in [3.8, 4) is 0 Å². The Labute approximate surface area is 211 Å². The van der Waals surface area contributed by atoms with Crippen LogP contribution in [-0.2, 0) is 27.8 Å². The Morgan fingerprint density at radius 2 is 1.81 bits per heavy atom. The summed E-state index contributed by atoms with van der Waals surface area (Å²) >= 11 is 0. The number of anilines is 1. The molecule has 7 heteroatoms. The SMILES string of the molecule is CC(C)(C)OC(=O)C1CCC2(CCN(c3cc4c(c(=O)[nH]3)CCCC4)CC2)c2cc(C(=O)O)ccc21. The molecule has 2 aliphatic carbocycles. The molecule has 1 aliphatic heterocycles. The van der Waals surface area contributed by atoms with Gasteiger partial charge in [-0.3, -0.25) is 9.59 Å². The first-order chi connectivity index (χ1) is 17.1. The van der Waals surface area contributed by atoms with Gasteiger partial charge >= 0.3 is 11.9 Å². The Morgan fingerprint density at radius 1 is 1.08 bits per heavy atom. The van der Waals surface area contributed by atoms with Gasteiger partial charge in [-0.2, -0.15) is 0 Å². The number of H-pyrrole nitrogens is 1. The van der Waals surface area contributed by atoms with Crippen LogP contribution in [0.2, 0.25) is 0 Å². The van der Waals surface area contributed by atoms with Crippen LogP contribution in [0.25, 0.3) is 0 Å². The summed E-state index contributed by atoms with van der Waals surface area (Å²) in [7, 11) is 0. The number of carbonyl (C=O) groups is 2. The number of aromatic nitrogens is 1. The molecule has 2 aromatic rings. The number of carboxylic acid groups (broad SMARTS) is 1. The molecule has 7 nitrogen and oxygen atoms in total. The molecule has 1 fully saturated rings. The normalized spacial score (nSPS) is 21.0. The van der Waals surface area contributed by atoms with Crippen molar-refractivity contribution in [3.63, 3.8) is 0 Å². The monoisotopic (exact) mass is 492 g/mol. The van der Waals surface area contributed by atoms with Crippen LogP contribution in [0, 0.1) is 0 Å². The lowest BCUT2D eigenvalue weighted by Gasteiger charge is -2.47. The van der Waals surface area contributed by atoms with Gasteiger partial charge in [0.1, 0.15) is 11.4 Å². The van der Waals surface area contributed by atoms with E-state index in [1.54, 1.807) is 12.1 Å². The standard InChI is InChI=1S/C29H36N2O5/c1-28(2,3)36-27(35)22-10-11-29(23-16-19(26(33)34)8-9-21(22)23)12-14-31(15-13-29)24-17-18-6-4-5-7-20(18)25(32)30-24/h8-9,16-17,22H,4-7,10-15H2,1-3H3,(H,30,32)(H,33,34). The highest BCUT2D eigenvalue weighted by Gasteiger charge is 2.45. The quantitative estimate of drug-likeness (QED) is 0.602. The Hall–Kier alpha value is -3.09. The van der Waals surface area contributed by atoms with Gasteiger partial charge in [0.05, 0.1) is 11.5 Å². The van der Waals surface area contributed by atoms with Gasteiger partial charge in [-0.1, -0.05) is 6.07 Å². The summed E-state index contributed by atoms with van der Waals surface area (Å²) in [6.45, 7) is 7.13. The Morgan fingerprint density at radius 3 is 2.50 bits per heavy atom. The number of carbonyl (C=O) groups excluding carboxylic acids is 1. The van der Waals surface area contributed by atoms with Crippen molar-refractivity contribution < 1.29 is 19.4 Å². The van der Waals surface area contributed by atoms with Crippen LogP contribution in [0.1, 0.15) is 97.8 Å². The molecule has 1 unspecified atom stereocenters. The van der Waals surface area contributed by atoms with Crippen molar-refractivity contribution in [1.82, 2.24) is 4.98 Å². The number of aromatic amines is 1. The van der Waals surface area contributed by atoms with Crippen molar-refractivity contribution in [3.05, 3.63) is 62.4 Å². The maximum Gasteiger partial charge on any atom is 0.335 e. The number of piperidine rings is 1. The van der Waals surface area contributed by atoms with E-state index in [0.717, 1.165) is 80.5 Å². The summed E-state index contributed by atoms with van der Waals surface area (Å²) in [4.78, 5) is 43.0. The number of aryl methyl sites for hydroxylation is 1. The van der Waals surface area contributed by atoms with E-state index in [1.807, 2.05) is 26.8 Å². The van der Waals surface area contributed by atoms with E-state index in [4.69, 9.17) is 4.74 Å². The lowest BCUT2D eigenvalue weighted by Crippen LogP contribution is -2.46. The zero-order valence-electron chi connectivity index (χ0n) is 21.5. The van der Waals surface area contributed by atoms with Gasteiger partial charge in [0.25, 0.3) is 5.56 Å². The first-order valence-corrected chi connectivity index (χ1v) is 13.2. The number of esters is 1. The molecule has 0 saturated carbocycles. The number of nitrogens with one attached hydrogen (secondary N) is 1. The molecule has 2 N–H and O–H groups in total. The zero-order chi connectivity index (χ0) is 25.7. The largest absolute Gasteiger partial charge is 0.478 e. The maximum atomic E-state index is 13.1. The minimum Gasteiger partial charge on any atom is -0.478 e. The number of benzene rings is 1. The fourth-order valence-electron chi connectivity index (χ4n) is 6.39. The summed E-state index contributed by atoms with van der Waals surface area (Å²) in [5.41, 5.74) is 3.51. The number of fused-ring (bicyclic) bond motifs is 3. The summed E-state index contributed by atoms with van der Waals surface area (Å²) in [5, 5.41) is 9.68. The molecular formula is C29H36N2O5. The van der Waals surface area contributed by atoms with Gasteiger partial charge in [0.2, 0.25) is 0 Å². The second-order valence-corrected chi connectivity index (χ2v) is 11.7. The minimum absolute atomic E-state index is 0.0387. The van der Waals surface area contributed by atoms with Crippen LogP contribution >= 0.6 is 0 Å². The highest BCUT2D eigenvalue weighted by molar-refractivity contribution is 5.89. The second-order valence-electron chi connectivity index (χ2n) is 11.7. The van der Waals surface area contributed by atoms with E-state index in [1.165, 1.54) is 5.56 Å². The molecular weight excluding hydrogens is 456 g/mol. The zero-order valence-corrected chi connectivity index (χ0v) is 21.5. The van der Waals surface area contributed by atoms with Crippen molar-refractivity contribution in [2.75, 3.05) is 18.0 Å². The van der Waals surface area contributed by atoms with E-state index in [9.17, 15) is 19.5 Å². The van der Waals surface area contributed by atoms with Crippen LogP contribution in [0.4, 0.5) is 5.82 Å². The van der Waals surface area contributed by atoms with E-state index in [0.29, 0.717) is 6.42 Å². The number of ether oxygens (including phenoxy) is 1. The first-order valence-electron chi connectivity index (χ1n) is 13.2. The minimum atomic E-state index is -0.962. The molecule has 1 aromatic carbocycles. The molecule has 0 bridgehead atoms. The predicted octanol–water partition coefficient (Wildman–Crippen LogP) is 4.71. The highest BCUT2D eigenvalue weighted by atomic mass is 16.6. The molecule has 192 valence electrons. The molecule has 36 heavy (non-hydrogen) atoms. The van der Waals surface area contributed by atoms with Crippen molar-refractivity contribution in [1.29, 1.82) is 0 Å². The van der Waals surface area contributed by atoms with Crippen LogP contribution < -0.4 is 10.5 Å². The van der Waals surface area contributed by atoms with Gasteiger partial charge in [-0.25, -0.2) is 4.79 Å². The van der Waals surface area contributed by atoms with Gasteiger partial charge in [0.15, 0.2) is 0 Å². The van der Waals surface area contributed by atoms with Crippen molar-refractivity contribution in [2.45, 2.75) is 89.1 Å². The summed E-state index contributed by atoms with van der Waals surface area (Å²) < 4.78 is 5.72. The second kappa shape index (κ2) is 9.09. The van der Waals surface area contributed by atoms with Crippen LogP contribution in [0.5, 0.6) is 0 Å². The number of hydrogen-bond acceptors (Lipinski definition) is 5. The number of hydrogen-bond donors (Lipinski definition) is 2. The van der Waals surface area contributed by atoms with E-state index >= 15 is 0 Å². The average Bonchev–Trinajstić information content (AvgIpc) is 2.83. The van der Waals surface area contributed by atoms with E-state index < -0.39 is 11.6 Å². The average molecular weight is 493 g/mol. The number of aromatic carboxylic acids is 1. The number of carboxylic acids is 1. The van der Waals surface area contributed by atoms with Gasteiger partial charge < -0.3 is 19.7 Å². The first kappa shape index (κ1) is 24.6. The molecule has 1 atom stereocenters. The van der Waals surface area contributed by atoms with Gasteiger partial charge in [-0.05, 0) is 112 Å². The van der Waals surface area contributed by atoms with Crippen LogP contribution in [0.15, 0.2) is 29.1 Å². The lowest BCUT2D eigenvalue weighted by atomic mass is 9.62. The number of rotatable bonds is 3. The van der Waals surface area contributed by atoms with E-state index in [2.05, 4.69) is 16.0 Å². The summed E-state index contributed by atoms with van der Waals surface area (Å²) in [5.74, 6) is -0.706. The third-order valence-corrected chi connectivity index (χ3v) is 8.25. The van der Waals surface area contributed by atoms with Crippen LogP contribution in [-0.4, -0.2) is 40.7 Å². The molecule has 0 amide bonds. The fourth-order valence-corrected chi connectivity index (χ4v) is 6.39. The third kappa shape index (κ3) is 4.56. The molecule has 0 radical (unpaired) electrons. The molecule has 2 heterocycles. The molecule has 3 aliphatic rings. The number of nitrogens with zero attached hydrogens (tertiary/aromatic N) is 1. The predicted molar refractivity (Wildman–Crippen MR) is 138 cm³/mol. The lowest BCUT2D eigenvalue weighted by molar-refractivity contribution is -0.157. The Kier molecular flexibility index (Phi) is 6.21.